The van der Waals surface area contributed by atoms with Gasteiger partial charge in [-0.25, -0.2) is 0 Å². The van der Waals surface area contributed by atoms with E-state index in [1.807, 2.05) is 6.07 Å². The summed E-state index contributed by atoms with van der Waals surface area (Å²) in [5.74, 6) is 2.01. The van der Waals surface area contributed by atoms with Gasteiger partial charge in [0.05, 0.1) is 12.8 Å². The second kappa shape index (κ2) is 5.23. The minimum Gasteiger partial charge on any atom is -0.468 e. The summed E-state index contributed by atoms with van der Waals surface area (Å²) in [6, 6.07) is 4.91. The first-order valence-electron chi connectivity index (χ1n) is 6.89. The van der Waals surface area contributed by atoms with Crippen LogP contribution in [0.5, 0.6) is 0 Å². The largest absolute Gasteiger partial charge is 0.468 e. The van der Waals surface area contributed by atoms with Crippen LogP contribution < -0.4 is 5.32 Å². The topological polar surface area (TPSA) is 28.4 Å². The highest BCUT2D eigenvalue weighted by Crippen LogP contribution is 2.29. The summed E-state index contributed by atoms with van der Waals surface area (Å²) >= 11 is 0. The molecule has 2 aliphatic rings. The van der Waals surface area contributed by atoms with Gasteiger partial charge in [-0.1, -0.05) is 0 Å². The van der Waals surface area contributed by atoms with Crippen LogP contribution in [0.4, 0.5) is 0 Å². The molecular weight excluding hydrogens is 212 g/mol. The van der Waals surface area contributed by atoms with Crippen LogP contribution >= 0.6 is 0 Å². The number of nitrogens with one attached hydrogen (secondary N) is 1. The Bertz CT molecular complexity index is 326. The van der Waals surface area contributed by atoms with Crippen LogP contribution in [0, 0.1) is 5.92 Å². The second-order valence-corrected chi connectivity index (χ2v) is 5.43. The molecule has 1 unspecified atom stereocenters. The van der Waals surface area contributed by atoms with Crippen LogP contribution in [0.2, 0.25) is 0 Å². The van der Waals surface area contributed by atoms with Crippen LogP contribution in [0.1, 0.15) is 31.4 Å². The van der Waals surface area contributed by atoms with E-state index in [1.54, 1.807) is 6.26 Å². The first kappa shape index (κ1) is 11.3. The zero-order valence-electron chi connectivity index (χ0n) is 10.4. The lowest BCUT2D eigenvalue weighted by Gasteiger charge is -2.22. The number of rotatable bonds is 6. The van der Waals surface area contributed by atoms with E-state index in [4.69, 9.17) is 4.42 Å². The minimum atomic E-state index is 0.828. The van der Waals surface area contributed by atoms with E-state index in [1.165, 1.54) is 45.3 Å². The molecule has 17 heavy (non-hydrogen) atoms. The van der Waals surface area contributed by atoms with E-state index in [9.17, 15) is 0 Å². The third-order valence-electron chi connectivity index (χ3n) is 3.99. The lowest BCUT2D eigenvalue weighted by Crippen LogP contribution is -2.28. The zero-order valence-corrected chi connectivity index (χ0v) is 10.4. The average Bonchev–Trinajstić information content (AvgIpc) is 2.85. The number of furan rings is 1. The Morgan fingerprint density at radius 3 is 2.94 bits per heavy atom. The van der Waals surface area contributed by atoms with E-state index < -0.39 is 0 Å². The Hall–Kier alpha value is -0.800. The van der Waals surface area contributed by atoms with Gasteiger partial charge in [-0.3, -0.25) is 4.90 Å². The Balaban J connectivity index is 1.49. The van der Waals surface area contributed by atoms with E-state index in [0.717, 1.165) is 24.3 Å². The SMILES string of the molecule is c1coc(CN(CCC2CCNC2)C2CC2)c1. The summed E-state index contributed by atoms with van der Waals surface area (Å²) in [6.45, 7) is 4.67. The summed E-state index contributed by atoms with van der Waals surface area (Å²) in [5, 5.41) is 3.45. The van der Waals surface area contributed by atoms with Crippen LogP contribution in [0.25, 0.3) is 0 Å². The summed E-state index contributed by atoms with van der Waals surface area (Å²) in [5.41, 5.74) is 0. The van der Waals surface area contributed by atoms with Crippen molar-refractivity contribution in [1.29, 1.82) is 0 Å². The van der Waals surface area contributed by atoms with E-state index in [2.05, 4.69) is 16.3 Å². The molecule has 3 nitrogen and oxygen atoms in total. The Morgan fingerprint density at radius 1 is 1.35 bits per heavy atom. The van der Waals surface area contributed by atoms with Gasteiger partial charge in [0.2, 0.25) is 0 Å². The molecule has 1 aromatic rings. The number of hydrogen-bond donors (Lipinski definition) is 1. The van der Waals surface area contributed by atoms with Crippen molar-refractivity contribution in [3.05, 3.63) is 24.2 Å². The first-order valence-corrected chi connectivity index (χ1v) is 6.89. The van der Waals surface area contributed by atoms with Gasteiger partial charge < -0.3 is 9.73 Å². The molecule has 1 aromatic heterocycles. The third kappa shape index (κ3) is 3.11. The molecule has 2 heterocycles. The molecule has 1 saturated heterocycles. The molecule has 0 bridgehead atoms. The van der Waals surface area contributed by atoms with Crippen molar-refractivity contribution in [2.24, 2.45) is 5.92 Å². The van der Waals surface area contributed by atoms with Gasteiger partial charge >= 0.3 is 0 Å². The molecule has 3 rings (SSSR count). The van der Waals surface area contributed by atoms with Crippen molar-refractivity contribution in [3.8, 4) is 0 Å². The standard InChI is InChI=1S/C14H22N2O/c1-2-14(17-9-1)11-16(13-3-4-13)8-6-12-5-7-15-10-12/h1-2,9,12-13,15H,3-8,10-11H2. The highest BCUT2D eigenvalue weighted by atomic mass is 16.3. The van der Waals surface area contributed by atoms with Gasteiger partial charge in [0.15, 0.2) is 0 Å². The lowest BCUT2D eigenvalue weighted by atomic mass is 10.0. The van der Waals surface area contributed by atoms with Crippen molar-refractivity contribution in [3.63, 3.8) is 0 Å². The Morgan fingerprint density at radius 2 is 2.29 bits per heavy atom. The maximum absolute atomic E-state index is 5.46. The number of nitrogens with zero attached hydrogens (tertiary/aromatic N) is 1. The highest BCUT2D eigenvalue weighted by Gasteiger charge is 2.29. The molecule has 1 saturated carbocycles. The van der Waals surface area contributed by atoms with Gasteiger partial charge in [0, 0.05) is 6.04 Å². The fraction of sp³-hybridized carbons (Fsp3) is 0.714. The molecule has 2 fully saturated rings. The molecule has 1 aliphatic carbocycles. The molecule has 0 spiro atoms. The molecule has 1 atom stereocenters. The third-order valence-corrected chi connectivity index (χ3v) is 3.99. The number of hydrogen-bond acceptors (Lipinski definition) is 3. The van der Waals surface area contributed by atoms with E-state index in [-0.39, 0.29) is 0 Å². The molecule has 0 radical (unpaired) electrons. The minimum absolute atomic E-state index is 0.828. The lowest BCUT2D eigenvalue weighted by molar-refractivity contribution is 0.218. The monoisotopic (exact) mass is 234 g/mol. The second-order valence-electron chi connectivity index (χ2n) is 5.43. The maximum Gasteiger partial charge on any atom is 0.117 e. The molecular formula is C14H22N2O. The van der Waals surface area contributed by atoms with Crippen molar-refractivity contribution in [1.82, 2.24) is 10.2 Å². The fourth-order valence-electron chi connectivity index (χ4n) is 2.74. The molecule has 0 amide bonds. The molecule has 0 aromatic carbocycles. The van der Waals surface area contributed by atoms with Crippen LogP contribution in [0.15, 0.2) is 22.8 Å². The summed E-state index contributed by atoms with van der Waals surface area (Å²) in [6.07, 6.45) is 7.23. The van der Waals surface area contributed by atoms with Gasteiger partial charge in [-0.15, -0.1) is 0 Å². The molecule has 94 valence electrons. The fourth-order valence-corrected chi connectivity index (χ4v) is 2.74. The van der Waals surface area contributed by atoms with Gasteiger partial charge in [0.1, 0.15) is 5.76 Å². The van der Waals surface area contributed by atoms with Gasteiger partial charge in [-0.05, 0) is 63.4 Å². The highest BCUT2D eigenvalue weighted by molar-refractivity contribution is 4.99. The average molecular weight is 234 g/mol. The smallest absolute Gasteiger partial charge is 0.117 e. The summed E-state index contributed by atoms with van der Waals surface area (Å²) < 4.78 is 5.46. The summed E-state index contributed by atoms with van der Waals surface area (Å²) in [4.78, 5) is 2.61. The van der Waals surface area contributed by atoms with Crippen molar-refractivity contribution >= 4 is 0 Å². The van der Waals surface area contributed by atoms with Crippen LogP contribution in [-0.4, -0.2) is 30.6 Å². The van der Waals surface area contributed by atoms with E-state index >= 15 is 0 Å². The van der Waals surface area contributed by atoms with Crippen LogP contribution in [0.3, 0.4) is 0 Å². The van der Waals surface area contributed by atoms with Gasteiger partial charge in [0.25, 0.3) is 0 Å². The zero-order chi connectivity index (χ0) is 11.5. The van der Waals surface area contributed by atoms with Crippen LogP contribution in [-0.2, 0) is 6.54 Å². The predicted molar refractivity (Wildman–Crippen MR) is 67.7 cm³/mol. The van der Waals surface area contributed by atoms with E-state index in [0.29, 0.717) is 0 Å². The van der Waals surface area contributed by atoms with Crippen molar-refractivity contribution in [2.45, 2.75) is 38.3 Å². The molecule has 1 N–H and O–H groups in total. The normalized spacial score (nSPS) is 24.6. The summed E-state index contributed by atoms with van der Waals surface area (Å²) in [7, 11) is 0. The molecule has 1 aliphatic heterocycles. The molecule has 3 heteroatoms. The maximum atomic E-state index is 5.46. The quantitative estimate of drug-likeness (QED) is 0.818. The first-order chi connectivity index (χ1) is 8.42. The van der Waals surface area contributed by atoms with Crippen molar-refractivity contribution in [2.75, 3.05) is 19.6 Å². The van der Waals surface area contributed by atoms with Crippen molar-refractivity contribution < 1.29 is 4.42 Å². The Kier molecular flexibility index (Phi) is 3.48. The predicted octanol–water partition coefficient (Wildman–Crippen LogP) is 2.24. The Labute approximate surface area is 103 Å². The van der Waals surface area contributed by atoms with Gasteiger partial charge in [-0.2, -0.15) is 0 Å².